The summed E-state index contributed by atoms with van der Waals surface area (Å²) in [5, 5.41) is 3.09. The van der Waals surface area contributed by atoms with Gasteiger partial charge in [-0.05, 0) is 36.6 Å². The maximum absolute atomic E-state index is 5.82. The second-order valence-corrected chi connectivity index (χ2v) is 5.20. The van der Waals surface area contributed by atoms with Gasteiger partial charge in [-0.3, -0.25) is 0 Å². The van der Waals surface area contributed by atoms with Gasteiger partial charge in [0.15, 0.2) is 0 Å². The molecule has 1 N–H and O–H groups in total. The van der Waals surface area contributed by atoms with E-state index in [1.165, 1.54) is 11.1 Å². The topological polar surface area (TPSA) is 21.3 Å². The third-order valence-corrected chi connectivity index (χ3v) is 2.55. The summed E-state index contributed by atoms with van der Waals surface area (Å²) in [5.74, 6) is 1.02. The summed E-state index contributed by atoms with van der Waals surface area (Å²) in [6.07, 6.45) is 0. The Bertz CT molecular complexity index is 339. The molecule has 1 aromatic rings. The molecule has 16 heavy (non-hydrogen) atoms. The Hall–Kier alpha value is -1.02. The van der Waals surface area contributed by atoms with E-state index in [1.807, 2.05) is 7.05 Å². The Labute approximate surface area is 99.0 Å². The molecular weight excluding hydrogens is 198 g/mol. The Balaban J connectivity index is 2.90. The van der Waals surface area contributed by atoms with Crippen LogP contribution >= 0.6 is 0 Å². The van der Waals surface area contributed by atoms with Crippen LogP contribution in [0.1, 0.15) is 31.9 Å². The summed E-state index contributed by atoms with van der Waals surface area (Å²) >= 11 is 0. The lowest BCUT2D eigenvalue weighted by Crippen LogP contribution is -2.19. The average molecular weight is 221 g/mol. The van der Waals surface area contributed by atoms with Gasteiger partial charge in [-0.2, -0.15) is 0 Å². The first kappa shape index (κ1) is 13.0. The third-order valence-electron chi connectivity index (χ3n) is 2.55. The average Bonchev–Trinajstić information content (AvgIpc) is 2.16. The van der Waals surface area contributed by atoms with Crippen molar-refractivity contribution >= 4 is 0 Å². The van der Waals surface area contributed by atoms with Gasteiger partial charge in [-0.15, -0.1) is 0 Å². The molecule has 0 radical (unpaired) electrons. The minimum absolute atomic E-state index is 0.128. The van der Waals surface area contributed by atoms with Crippen molar-refractivity contribution in [2.75, 3.05) is 20.2 Å². The number of nitrogens with one attached hydrogen (secondary N) is 1. The third kappa shape index (κ3) is 3.53. The number of benzene rings is 1. The van der Waals surface area contributed by atoms with Gasteiger partial charge in [0, 0.05) is 6.54 Å². The zero-order valence-corrected chi connectivity index (χ0v) is 11.1. The van der Waals surface area contributed by atoms with E-state index >= 15 is 0 Å². The summed E-state index contributed by atoms with van der Waals surface area (Å²) < 4.78 is 5.82. The predicted molar refractivity (Wildman–Crippen MR) is 69.3 cm³/mol. The molecule has 0 amide bonds. The van der Waals surface area contributed by atoms with Gasteiger partial charge in [0.1, 0.15) is 12.4 Å². The molecule has 0 aliphatic rings. The predicted octanol–water partition coefficient (Wildman–Crippen LogP) is 2.89. The number of likely N-dealkylation sites (N-methyl/N-ethyl adjacent to an activating group) is 1. The van der Waals surface area contributed by atoms with Crippen LogP contribution in [0.2, 0.25) is 0 Å². The number of hydrogen-bond acceptors (Lipinski definition) is 2. The summed E-state index contributed by atoms with van der Waals surface area (Å²) in [5.41, 5.74) is 2.64. The number of ether oxygens (including phenoxy) is 1. The standard InChI is InChI=1S/C14H23NO/c1-11-6-7-12(14(2,3)4)13(10-11)16-9-8-15-5/h6-7,10,15H,8-9H2,1-5H3. The molecule has 0 spiro atoms. The molecule has 0 aliphatic heterocycles. The van der Waals surface area contributed by atoms with Crippen LogP contribution in [0, 0.1) is 6.92 Å². The van der Waals surface area contributed by atoms with Crippen molar-refractivity contribution in [3.63, 3.8) is 0 Å². The second-order valence-electron chi connectivity index (χ2n) is 5.20. The van der Waals surface area contributed by atoms with Crippen LogP contribution in [-0.2, 0) is 5.41 Å². The van der Waals surface area contributed by atoms with Crippen molar-refractivity contribution in [3.8, 4) is 5.75 Å². The van der Waals surface area contributed by atoms with E-state index in [0.717, 1.165) is 12.3 Å². The van der Waals surface area contributed by atoms with Crippen molar-refractivity contribution in [1.82, 2.24) is 5.32 Å². The van der Waals surface area contributed by atoms with Crippen molar-refractivity contribution in [1.29, 1.82) is 0 Å². The summed E-state index contributed by atoms with van der Waals surface area (Å²) in [7, 11) is 1.93. The molecular formula is C14H23NO. The lowest BCUT2D eigenvalue weighted by Gasteiger charge is -2.23. The second kappa shape index (κ2) is 5.35. The summed E-state index contributed by atoms with van der Waals surface area (Å²) in [6.45, 7) is 10.3. The first-order valence-electron chi connectivity index (χ1n) is 5.83. The Morgan fingerprint density at radius 1 is 1.25 bits per heavy atom. The Morgan fingerprint density at radius 2 is 1.94 bits per heavy atom. The van der Waals surface area contributed by atoms with E-state index in [0.29, 0.717) is 6.61 Å². The van der Waals surface area contributed by atoms with Crippen LogP contribution in [0.5, 0.6) is 5.75 Å². The highest BCUT2D eigenvalue weighted by Gasteiger charge is 2.18. The number of aryl methyl sites for hydroxylation is 1. The van der Waals surface area contributed by atoms with E-state index < -0.39 is 0 Å². The zero-order valence-electron chi connectivity index (χ0n) is 11.1. The van der Waals surface area contributed by atoms with Crippen molar-refractivity contribution in [3.05, 3.63) is 29.3 Å². The monoisotopic (exact) mass is 221 g/mol. The normalized spacial score (nSPS) is 11.6. The minimum atomic E-state index is 0.128. The summed E-state index contributed by atoms with van der Waals surface area (Å²) in [6, 6.07) is 6.44. The molecule has 90 valence electrons. The van der Waals surface area contributed by atoms with Gasteiger partial charge < -0.3 is 10.1 Å². The number of rotatable bonds is 4. The lowest BCUT2D eigenvalue weighted by molar-refractivity contribution is 0.309. The molecule has 0 heterocycles. The number of hydrogen-bond donors (Lipinski definition) is 1. The van der Waals surface area contributed by atoms with Crippen molar-refractivity contribution in [2.24, 2.45) is 0 Å². The van der Waals surface area contributed by atoms with Crippen LogP contribution in [0.15, 0.2) is 18.2 Å². The van der Waals surface area contributed by atoms with Crippen molar-refractivity contribution in [2.45, 2.75) is 33.1 Å². The molecule has 0 atom stereocenters. The molecule has 0 saturated carbocycles. The van der Waals surface area contributed by atoms with Gasteiger partial charge in [0.05, 0.1) is 0 Å². The Kier molecular flexibility index (Phi) is 4.36. The van der Waals surface area contributed by atoms with E-state index in [4.69, 9.17) is 4.74 Å². The van der Waals surface area contributed by atoms with E-state index in [-0.39, 0.29) is 5.41 Å². The van der Waals surface area contributed by atoms with E-state index in [9.17, 15) is 0 Å². The lowest BCUT2D eigenvalue weighted by atomic mass is 9.86. The molecule has 0 unspecified atom stereocenters. The summed E-state index contributed by atoms with van der Waals surface area (Å²) in [4.78, 5) is 0. The molecule has 2 nitrogen and oxygen atoms in total. The molecule has 1 aromatic carbocycles. The molecule has 0 saturated heterocycles. The molecule has 0 bridgehead atoms. The van der Waals surface area contributed by atoms with E-state index in [2.05, 4.69) is 51.2 Å². The quantitative estimate of drug-likeness (QED) is 0.789. The van der Waals surface area contributed by atoms with Gasteiger partial charge in [-0.25, -0.2) is 0 Å². The fraction of sp³-hybridized carbons (Fsp3) is 0.571. The highest BCUT2D eigenvalue weighted by Crippen LogP contribution is 2.31. The minimum Gasteiger partial charge on any atom is -0.492 e. The molecule has 2 heteroatoms. The van der Waals surface area contributed by atoms with Gasteiger partial charge in [-0.1, -0.05) is 32.9 Å². The molecule has 0 aliphatic carbocycles. The first-order chi connectivity index (χ1) is 7.45. The highest BCUT2D eigenvalue weighted by atomic mass is 16.5. The smallest absolute Gasteiger partial charge is 0.123 e. The fourth-order valence-electron chi connectivity index (χ4n) is 1.63. The maximum Gasteiger partial charge on any atom is 0.123 e. The molecule has 1 rings (SSSR count). The Morgan fingerprint density at radius 3 is 2.50 bits per heavy atom. The largest absolute Gasteiger partial charge is 0.492 e. The van der Waals surface area contributed by atoms with Gasteiger partial charge in [0.2, 0.25) is 0 Å². The molecule has 0 fully saturated rings. The fourth-order valence-corrected chi connectivity index (χ4v) is 1.63. The van der Waals surface area contributed by atoms with Crippen LogP contribution in [0.4, 0.5) is 0 Å². The van der Waals surface area contributed by atoms with Crippen LogP contribution in [-0.4, -0.2) is 20.2 Å². The van der Waals surface area contributed by atoms with E-state index in [1.54, 1.807) is 0 Å². The van der Waals surface area contributed by atoms with Gasteiger partial charge >= 0.3 is 0 Å². The zero-order chi connectivity index (χ0) is 12.2. The molecule has 0 aromatic heterocycles. The van der Waals surface area contributed by atoms with Gasteiger partial charge in [0.25, 0.3) is 0 Å². The highest BCUT2D eigenvalue weighted by molar-refractivity contribution is 5.41. The SMILES string of the molecule is CNCCOc1cc(C)ccc1C(C)(C)C. The maximum atomic E-state index is 5.82. The van der Waals surface area contributed by atoms with Crippen LogP contribution < -0.4 is 10.1 Å². The first-order valence-corrected chi connectivity index (χ1v) is 5.83. The van der Waals surface area contributed by atoms with Crippen LogP contribution in [0.25, 0.3) is 0 Å². The van der Waals surface area contributed by atoms with Crippen LogP contribution in [0.3, 0.4) is 0 Å². The van der Waals surface area contributed by atoms with Crippen molar-refractivity contribution < 1.29 is 4.74 Å².